The van der Waals surface area contributed by atoms with E-state index in [0.29, 0.717) is 11.7 Å². The van der Waals surface area contributed by atoms with E-state index < -0.39 is 0 Å². The highest BCUT2D eigenvalue weighted by molar-refractivity contribution is 5.62. The van der Waals surface area contributed by atoms with Crippen LogP contribution in [-0.4, -0.2) is 24.1 Å². The number of hydrogen-bond donors (Lipinski definition) is 2. The van der Waals surface area contributed by atoms with Crippen molar-refractivity contribution in [3.05, 3.63) is 36.2 Å². The van der Waals surface area contributed by atoms with E-state index in [1.54, 1.807) is 6.07 Å². The summed E-state index contributed by atoms with van der Waals surface area (Å²) in [6.07, 6.45) is 2.33. The number of nitrogens with one attached hydrogen (secondary N) is 1. The fourth-order valence-electron chi connectivity index (χ4n) is 2.06. The highest BCUT2D eigenvalue weighted by atomic mass is 15.1. The van der Waals surface area contributed by atoms with Gasteiger partial charge in [-0.25, -0.2) is 9.97 Å². The molecule has 3 rings (SSSR count). The number of rotatable bonds is 4. The minimum atomic E-state index is 0.496. The van der Waals surface area contributed by atoms with Gasteiger partial charge < -0.3 is 16.0 Å². The van der Waals surface area contributed by atoms with Crippen LogP contribution in [0, 0.1) is 0 Å². The second-order valence-corrected chi connectivity index (χ2v) is 5.38. The van der Waals surface area contributed by atoms with E-state index >= 15 is 0 Å². The smallest absolute Gasteiger partial charge is 0.136 e. The molecule has 0 spiro atoms. The zero-order chi connectivity index (χ0) is 14.1. The number of nitrogens with zero attached hydrogens (tertiary/aromatic N) is 3. The van der Waals surface area contributed by atoms with Crippen molar-refractivity contribution in [2.24, 2.45) is 0 Å². The van der Waals surface area contributed by atoms with E-state index in [0.717, 1.165) is 23.0 Å². The predicted octanol–water partition coefficient (Wildman–Crippen LogP) is 2.75. The van der Waals surface area contributed by atoms with Gasteiger partial charge in [-0.2, -0.15) is 0 Å². The fraction of sp³-hybridized carbons (Fsp3) is 0.333. The normalized spacial score (nSPS) is 14.1. The van der Waals surface area contributed by atoms with E-state index in [9.17, 15) is 0 Å². The first-order valence-corrected chi connectivity index (χ1v) is 6.81. The van der Waals surface area contributed by atoms with Crippen molar-refractivity contribution in [1.82, 2.24) is 9.97 Å². The highest BCUT2D eigenvalue weighted by Gasteiger charge is 2.27. The van der Waals surface area contributed by atoms with Gasteiger partial charge in [-0.15, -0.1) is 0 Å². The lowest BCUT2D eigenvalue weighted by Crippen LogP contribution is -2.08. The fourth-order valence-corrected chi connectivity index (χ4v) is 2.06. The molecule has 1 fully saturated rings. The molecular weight excluding hydrogens is 250 g/mol. The summed E-state index contributed by atoms with van der Waals surface area (Å²) in [5, 5.41) is 3.28. The zero-order valence-electron chi connectivity index (χ0n) is 11.8. The van der Waals surface area contributed by atoms with Crippen LogP contribution in [0.5, 0.6) is 0 Å². The summed E-state index contributed by atoms with van der Waals surface area (Å²) in [4.78, 5) is 10.9. The van der Waals surface area contributed by atoms with E-state index in [1.165, 1.54) is 12.8 Å². The number of anilines is 4. The Morgan fingerprint density at radius 3 is 2.45 bits per heavy atom. The average Bonchev–Trinajstić information content (AvgIpc) is 3.23. The van der Waals surface area contributed by atoms with Gasteiger partial charge in [0.2, 0.25) is 0 Å². The molecular formula is C15H19N5. The molecule has 1 aliphatic rings. The Morgan fingerprint density at radius 2 is 1.85 bits per heavy atom. The van der Waals surface area contributed by atoms with E-state index in [-0.39, 0.29) is 0 Å². The lowest BCUT2D eigenvalue weighted by atomic mass is 10.2. The van der Waals surface area contributed by atoms with Gasteiger partial charge >= 0.3 is 0 Å². The quantitative estimate of drug-likeness (QED) is 0.893. The molecule has 0 atom stereocenters. The lowest BCUT2D eigenvalue weighted by molar-refractivity contribution is 0.936. The SMILES string of the molecule is CN(C)c1ccc(Nc2cc(N)nc(C3CC3)n2)cc1. The molecule has 5 heteroatoms. The van der Waals surface area contributed by atoms with Crippen LogP contribution in [0.25, 0.3) is 0 Å². The summed E-state index contributed by atoms with van der Waals surface area (Å²) in [6.45, 7) is 0. The lowest BCUT2D eigenvalue weighted by Gasteiger charge is -2.13. The number of aromatic nitrogens is 2. The summed E-state index contributed by atoms with van der Waals surface area (Å²) in [5.74, 6) is 2.64. The van der Waals surface area contributed by atoms with Crippen molar-refractivity contribution in [2.75, 3.05) is 30.0 Å². The molecule has 20 heavy (non-hydrogen) atoms. The average molecular weight is 269 g/mol. The van der Waals surface area contributed by atoms with Crippen LogP contribution >= 0.6 is 0 Å². The van der Waals surface area contributed by atoms with Gasteiger partial charge in [0.1, 0.15) is 17.5 Å². The first kappa shape index (κ1) is 12.7. The zero-order valence-corrected chi connectivity index (χ0v) is 11.8. The minimum absolute atomic E-state index is 0.496. The third kappa shape index (κ3) is 2.82. The molecule has 0 aliphatic heterocycles. The van der Waals surface area contributed by atoms with Gasteiger partial charge in [-0.1, -0.05) is 0 Å². The largest absolute Gasteiger partial charge is 0.384 e. The van der Waals surface area contributed by atoms with Crippen LogP contribution in [0.2, 0.25) is 0 Å². The van der Waals surface area contributed by atoms with Crippen LogP contribution in [0.1, 0.15) is 24.6 Å². The minimum Gasteiger partial charge on any atom is -0.384 e. The predicted molar refractivity (Wildman–Crippen MR) is 82.5 cm³/mol. The molecule has 0 bridgehead atoms. The van der Waals surface area contributed by atoms with Crippen molar-refractivity contribution in [2.45, 2.75) is 18.8 Å². The maximum absolute atomic E-state index is 5.84. The second kappa shape index (κ2) is 5.00. The first-order valence-electron chi connectivity index (χ1n) is 6.81. The molecule has 104 valence electrons. The molecule has 0 amide bonds. The van der Waals surface area contributed by atoms with Crippen LogP contribution < -0.4 is 16.0 Å². The number of nitrogen functional groups attached to an aromatic ring is 1. The van der Waals surface area contributed by atoms with Gasteiger partial charge in [-0.05, 0) is 37.1 Å². The van der Waals surface area contributed by atoms with E-state index in [4.69, 9.17) is 5.73 Å². The van der Waals surface area contributed by atoms with Gasteiger partial charge in [0.05, 0.1) is 0 Å². The van der Waals surface area contributed by atoms with Crippen LogP contribution in [-0.2, 0) is 0 Å². The van der Waals surface area contributed by atoms with E-state index in [1.807, 2.05) is 26.2 Å². The van der Waals surface area contributed by atoms with Crippen molar-refractivity contribution >= 4 is 23.0 Å². The Bertz CT molecular complexity index is 602. The van der Waals surface area contributed by atoms with Gasteiger partial charge in [0, 0.05) is 37.5 Å². The van der Waals surface area contributed by atoms with Crippen molar-refractivity contribution in [1.29, 1.82) is 0 Å². The molecule has 2 aromatic rings. The molecule has 1 heterocycles. The first-order chi connectivity index (χ1) is 9.61. The van der Waals surface area contributed by atoms with Gasteiger partial charge in [-0.3, -0.25) is 0 Å². The topological polar surface area (TPSA) is 67.1 Å². The summed E-state index contributed by atoms with van der Waals surface area (Å²) in [5.41, 5.74) is 8.00. The number of benzene rings is 1. The molecule has 0 unspecified atom stereocenters. The molecule has 1 aromatic carbocycles. The summed E-state index contributed by atoms with van der Waals surface area (Å²) >= 11 is 0. The highest BCUT2D eigenvalue weighted by Crippen LogP contribution is 2.38. The Morgan fingerprint density at radius 1 is 1.15 bits per heavy atom. The van der Waals surface area contributed by atoms with Crippen LogP contribution in [0.4, 0.5) is 23.0 Å². The van der Waals surface area contributed by atoms with Gasteiger partial charge in [0.25, 0.3) is 0 Å². The Labute approximate surface area is 118 Å². The standard InChI is InChI=1S/C15H19N5/c1-20(2)12-7-5-11(6-8-12)17-14-9-13(16)18-15(19-14)10-3-4-10/h5-10H,3-4H2,1-2H3,(H3,16,17,18,19). The van der Waals surface area contributed by atoms with Gasteiger partial charge in [0.15, 0.2) is 0 Å². The second-order valence-electron chi connectivity index (χ2n) is 5.38. The third-order valence-electron chi connectivity index (χ3n) is 3.36. The molecule has 1 aliphatic carbocycles. The maximum atomic E-state index is 5.84. The van der Waals surface area contributed by atoms with Crippen LogP contribution in [0.15, 0.2) is 30.3 Å². The Hall–Kier alpha value is -2.30. The monoisotopic (exact) mass is 269 g/mol. The van der Waals surface area contributed by atoms with Crippen molar-refractivity contribution in [3.63, 3.8) is 0 Å². The molecule has 1 aromatic heterocycles. The molecule has 1 saturated carbocycles. The summed E-state index contributed by atoms with van der Waals surface area (Å²) < 4.78 is 0. The molecule has 3 N–H and O–H groups in total. The summed E-state index contributed by atoms with van der Waals surface area (Å²) in [7, 11) is 4.05. The van der Waals surface area contributed by atoms with E-state index in [2.05, 4.69) is 32.3 Å². The Kier molecular flexibility index (Phi) is 3.18. The number of nitrogens with two attached hydrogens (primary N) is 1. The van der Waals surface area contributed by atoms with Crippen molar-refractivity contribution in [3.8, 4) is 0 Å². The number of hydrogen-bond acceptors (Lipinski definition) is 5. The summed E-state index contributed by atoms with van der Waals surface area (Å²) in [6, 6.07) is 9.96. The maximum Gasteiger partial charge on any atom is 0.136 e. The Balaban J connectivity index is 1.79. The molecule has 0 radical (unpaired) electrons. The van der Waals surface area contributed by atoms with Crippen molar-refractivity contribution < 1.29 is 0 Å². The third-order valence-corrected chi connectivity index (χ3v) is 3.36. The molecule has 0 saturated heterocycles. The molecule has 5 nitrogen and oxygen atoms in total. The van der Waals surface area contributed by atoms with Crippen LogP contribution in [0.3, 0.4) is 0 Å².